The Morgan fingerprint density at radius 3 is 1.44 bits per heavy atom. The average molecular weight is 382 g/mol. The van der Waals surface area contributed by atoms with Crippen molar-refractivity contribution in [2.24, 2.45) is 0 Å². The minimum absolute atomic E-state index is 0.0593. The minimum Gasteiger partial charge on any atom is -0.258 e. The van der Waals surface area contributed by atoms with Gasteiger partial charge in [0.2, 0.25) is 0 Å². The van der Waals surface area contributed by atoms with Gasteiger partial charge in [-0.2, -0.15) is 0 Å². The summed E-state index contributed by atoms with van der Waals surface area (Å²) >= 11 is 6.36. The molecule has 0 saturated carbocycles. The molecule has 0 amide bonds. The zero-order chi connectivity index (χ0) is 13.7. The second kappa shape index (κ2) is 6.79. The molecule has 0 aromatic heterocycles. The second-order valence-corrected chi connectivity index (χ2v) is 5.09. The van der Waals surface area contributed by atoms with Crippen LogP contribution in [0.25, 0.3) is 0 Å². The van der Waals surface area contributed by atoms with E-state index in [1.807, 2.05) is 0 Å². The normalized spacial score (nSPS) is 10.3. The number of halogens is 2. The van der Waals surface area contributed by atoms with Crippen molar-refractivity contribution in [3.05, 3.63) is 43.5 Å². The van der Waals surface area contributed by atoms with Gasteiger partial charge in [-0.05, 0) is 12.8 Å². The zero-order valence-electron chi connectivity index (χ0n) is 9.27. The van der Waals surface area contributed by atoms with Crippen LogP contribution in [0.15, 0.2) is 12.1 Å². The summed E-state index contributed by atoms with van der Waals surface area (Å²) in [5.74, 6) is 0. The lowest BCUT2D eigenvalue weighted by Crippen LogP contribution is -2.03. The highest BCUT2D eigenvalue weighted by molar-refractivity contribution is 9.09. The smallest absolute Gasteiger partial charge is 0.258 e. The number of benzene rings is 1. The predicted octanol–water partition coefficient (Wildman–Crippen LogP) is 3.38. The Bertz CT molecular complexity index is 435. The van der Waals surface area contributed by atoms with Gasteiger partial charge in [-0.3, -0.25) is 20.2 Å². The molecule has 0 saturated heterocycles. The number of hydrogen-bond acceptors (Lipinski definition) is 4. The zero-order valence-corrected chi connectivity index (χ0v) is 12.4. The van der Waals surface area contributed by atoms with E-state index >= 15 is 0 Å². The first-order chi connectivity index (χ1) is 8.51. The summed E-state index contributed by atoms with van der Waals surface area (Å²) in [5.41, 5.74) is 0.635. The third-order valence-electron chi connectivity index (χ3n) is 2.40. The molecule has 0 aliphatic carbocycles. The Labute approximate surface area is 120 Å². The Morgan fingerprint density at radius 1 is 0.889 bits per heavy atom. The Morgan fingerprint density at radius 2 is 1.22 bits per heavy atom. The number of aryl methyl sites for hydroxylation is 2. The van der Waals surface area contributed by atoms with Crippen LogP contribution in [0.1, 0.15) is 11.1 Å². The van der Waals surface area contributed by atoms with Gasteiger partial charge < -0.3 is 0 Å². The van der Waals surface area contributed by atoms with Gasteiger partial charge in [0.05, 0.1) is 9.85 Å². The number of nitrogens with zero attached hydrogens (tertiary/aromatic N) is 2. The number of nitro benzene ring substituents is 2. The molecule has 8 heteroatoms. The number of rotatable bonds is 6. The van der Waals surface area contributed by atoms with E-state index < -0.39 is 9.85 Å². The fourth-order valence-electron chi connectivity index (χ4n) is 1.61. The van der Waals surface area contributed by atoms with Gasteiger partial charge in [-0.1, -0.05) is 31.9 Å². The van der Waals surface area contributed by atoms with Crippen LogP contribution in [0.5, 0.6) is 0 Å². The summed E-state index contributed by atoms with van der Waals surface area (Å²) in [5, 5.41) is 22.9. The topological polar surface area (TPSA) is 86.3 Å². The minimum atomic E-state index is -0.501. The quantitative estimate of drug-likeness (QED) is 0.429. The fraction of sp³-hybridized carbons (Fsp3) is 0.400. The van der Waals surface area contributed by atoms with Gasteiger partial charge in [-0.15, -0.1) is 0 Å². The van der Waals surface area contributed by atoms with Crippen LogP contribution in [0.3, 0.4) is 0 Å². The van der Waals surface area contributed by atoms with Crippen LogP contribution < -0.4 is 0 Å². The van der Waals surface area contributed by atoms with Crippen LogP contribution in [-0.2, 0) is 12.8 Å². The largest absolute Gasteiger partial charge is 0.273 e. The van der Waals surface area contributed by atoms with E-state index in [0.29, 0.717) is 34.6 Å². The van der Waals surface area contributed by atoms with Crippen molar-refractivity contribution in [2.45, 2.75) is 12.8 Å². The van der Waals surface area contributed by atoms with Crippen molar-refractivity contribution in [3.63, 3.8) is 0 Å². The van der Waals surface area contributed by atoms with Crippen molar-refractivity contribution in [2.75, 3.05) is 10.7 Å². The monoisotopic (exact) mass is 380 g/mol. The van der Waals surface area contributed by atoms with Gasteiger partial charge in [0.25, 0.3) is 11.4 Å². The molecule has 0 N–H and O–H groups in total. The average Bonchev–Trinajstić information content (AvgIpc) is 2.30. The summed E-state index contributed by atoms with van der Waals surface area (Å²) in [6, 6.07) is 2.61. The Hall–Kier alpha value is -1.02. The summed E-state index contributed by atoms with van der Waals surface area (Å²) in [6.45, 7) is 0. The molecule has 1 aromatic carbocycles. The molecule has 0 spiro atoms. The lowest BCUT2D eigenvalue weighted by atomic mass is 10.0. The molecule has 0 bridgehead atoms. The van der Waals surface area contributed by atoms with Crippen molar-refractivity contribution in [1.82, 2.24) is 0 Å². The summed E-state index contributed by atoms with van der Waals surface area (Å²) in [6.07, 6.45) is 0.761. The lowest BCUT2D eigenvalue weighted by Gasteiger charge is -2.05. The van der Waals surface area contributed by atoms with Crippen LogP contribution in [0.4, 0.5) is 11.4 Å². The lowest BCUT2D eigenvalue weighted by molar-refractivity contribution is -0.390. The Balaban J connectivity index is 3.39. The third kappa shape index (κ3) is 3.49. The number of alkyl halides is 2. The van der Waals surface area contributed by atoms with Crippen LogP contribution in [-0.4, -0.2) is 20.5 Å². The highest BCUT2D eigenvalue weighted by Gasteiger charge is 2.22. The van der Waals surface area contributed by atoms with E-state index in [9.17, 15) is 20.2 Å². The molecule has 0 aliphatic heterocycles. The maximum atomic E-state index is 10.9. The first-order valence-corrected chi connectivity index (χ1v) is 7.32. The molecular formula is C10H10Br2N2O4. The molecule has 0 aliphatic rings. The highest BCUT2D eigenvalue weighted by Crippen LogP contribution is 2.30. The first-order valence-electron chi connectivity index (χ1n) is 5.07. The van der Waals surface area contributed by atoms with E-state index in [0.717, 1.165) is 0 Å². The predicted molar refractivity (Wildman–Crippen MR) is 74.7 cm³/mol. The standard InChI is InChI=1S/C10H10Br2N2O4/c11-3-1-7-5-10(14(17)18)8(2-4-12)6-9(7)13(15)16/h5-6H,1-4H2. The fourth-order valence-corrected chi connectivity index (χ4v) is 2.46. The van der Waals surface area contributed by atoms with Crippen molar-refractivity contribution >= 4 is 43.2 Å². The van der Waals surface area contributed by atoms with Crippen molar-refractivity contribution < 1.29 is 9.85 Å². The van der Waals surface area contributed by atoms with Crippen LogP contribution >= 0.6 is 31.9 Å². The SMILES string of the molecule is O=[N+]([O-])c1cc(CCBr)c([N+](=O)[O-])cc1CCBr. The van der Waals surface area contributed by atoms with E-state index in [4.69, 9.17) is 0 Å². The first kappa shape index (κ1) is 15.0. The van der Waals surface area contributed by atoms with Gasteiger partial charge >= 0.3 is 0 Å². The van der Waals surface area contributed by atoms with Gasteiger partial charge in [0.1, 0.15) is 0 Å². The molecule has 0 heterocycles. The Kier molecular flexibility index (Phi) is 5.67. The van der Waals surface area contributed by atoms with E-state index in [2.05, 4.69) is 31.9 Å². The molecule has 0 unspecified atom stereocenters. The summed E-state index contributed by atoms with van der Waals surface area (Å²) in [7, 11) is 0. The van der Waals surface area contributed by atoms with Gasteiger partial charge in [-0.25, -0.2) is 0 Å². The molecule has 0 radical (unpaired) electrons. The maximum absolute atomic E-state index is 10.9. The molecule has 6 nitrogen and oxygen atoms in total. The van der Waals surface area contributed by atoms with Crippen LogP contribution in [0, 0.1) is 20.2 Å². The number of nitro groups is 2. The molecule has 0 fully saturated rings. The van der Waals surface area contributed by atoms with E-state index in [1.165, 1.54) is 12.1 Å². The summed E-state index contributed by atoms with van der Waals surface area (Å²) < 4.78 is 0. The molecular weight excluding hydrogens is 372 g/mol. The van der Waals surface area contributed by atoms with Crippen molar-refractivity contribution in [1.29, 1.82) is 0 Å². The maximum Gasteiger partial charge on any atom is 0.273 e. The second-order valence-electron chi connectivity index (χ2n) is 3.50. The highest BCUT2D eigenvalue weighted by atomic mass is 79.9. The molecule has 18 heavy (non-hydrogen) atoms. The van der Waals surface area contributed by atoms with E-state index in [-0.39, 0.29) is 11.4 Å². The summed E-state index contributed by atoms with van der Waals surface area (Å²) in [4.78, 5) is 20.9. The number of hydrogen-bond donors (Lipinski definition) is 0. The van der Waals surface area contributed by atoms with Crippen LogP contribution in [0.2, 0.25) is 0 Å². The van der Waals surface area contributed by atoms with E-state index in [1.54, 1.807) is 0 Å². The van der Waals surface area contributed by atoms with Crippen molar-refractivity contribution in [3.8, 4) is 0 Å². The van der Waals surface area contributed by atoms with Gasteiger partial charge in [0.15, 0.2) is 0 Å². The molecule has 0 atom stereocenters. The molecule has 1 aromatic rings. The van der Waals surface area contributed by atoms with Gasteiger partial charge in [0, 0.05) is 33.9 Å². The third-order valence-corrected chi connectivity index (χ3v) is 3.19. The molecule has 1 rings (SSSR count). The molecule has 98 valence electrons.